The third-order valence-corrected chi connectivity index (χ3v) is 6.48. The van der Waals surface area contributed by atoms with Gasteiger partial charge in [0, 0.05) is 5.56 Å². The van der Waals surface area contributed by atoms with Crippen molar-refractivity contribution < 1.29 is 4.79 Å². The van der Waals surface area contributed by atoms with Crippen LogP contribution in [0.1, 0.15) is 30.0 Å². The molecule has 0 radical (unpaired) electrons. The van der Waals surface area contributed by atoms with Crippen LogP contribution in [0.3, 0.4) is 0 Å². The van der Waals surface area contributed by atoms with Gasteiger partial charge in [-0.25, -0.2) is 0 Å². The second-order valence-corrected chi connectivity index (χ2v) is 8.23. The molecule has 1 aliphatic rings. The largest absolute Gasteiger partial charge is 0.284 e. The summed E-state index contributed by atoms with van der Waals surface area (Å²) in [5.74, 6) is 0.111. The molecule has 0 aromatic heterocycles. The van der Waals surface area contributed by atoms with Crippen LogP contribution < -0.4 is 0 Å². The van der Waals surface area contributed by atoms with E-state index in [1.807, 2.05) is 43.3 Å². The zero-order valence-electron chi connectivity index (χ0n) is 16.6. The van der Waals surface area contributed by atoms with E-state index in [4.69, 9.17) is 0 Å². The zero-order chi connectivity index (χ0) is 20.2. The number of amidine groups is 1. The maximum atomic E-state index is 12.8. The summed E-state index contributed by atoms with van der Waals surface area (Å²) in [6.45, 7) is 4.62. The summed E-state index contributed by atoms with van der Waals surface area (Å²) in [6, 6.07) is 22.5. The molecule has 0 unspecified atom stereocenters. The summed E-state index contributed by atoms with van der Waals surface area (Å²) >= 11 is 1.50. The monoisotopic (exact) mass is 401 g/mol. The Morgan fingerprint density at radius 3 is 2.62 bits per heavy atom. The van der Waals surface area contributed by atoms with Crippen molar-refractivity contribution in [1.82, 2.24) is 4.90 Å². The molecule has 5 heteroatoms. The van der Waals surface area contributed by atoms with E-state index in [9.17, 15) is 4.79 Å². The average Bonchev–Trinajstić information content (AvgIpc) is 3.04. The lowest BCUT2D eigenvalue weighted by Gasteiger charge is -2.17. The molecule has 1 atom stereocenters. The molecule has 1 aliphatic heterocycles. The number of hydrogen-bond donors (Lipinski definition) is 0. The van der Waals surface area contributed by atoms with Crippen LogP contribution in [0.2, 0.25) is 0 Å². The Kier molecular flexibility index (Phi) is 5.76. The first kappa shape index (κ1) is 19.4. The first-order chi connectivity index (χ1) is 14.2. The number of aryl methyl sites for hydroxylation is 1. The van der Waals surface area contributed by atoms with Gasteiger partial charge in [-0.3, -0.25) is 9.69 Å². The minimum atomic E-state index is -0.0921. The van der Waals surface area contributed by atoms with Crippen LogP contribution in [-0.4, -0.2) is 27.4 Å². The summed E-state index contributed by atoms with van der Waals surface area (Å²) in [5, 5.41) is 11.7. The number of hydrogen-bond acceptors (Lipinski definition) is 4. The molecule has 1 saturated heterocycles. The van der Waals surface area contributed by atoms with Crippen LogP contribution >= 0.6 is 11.8 Å². The van der Waals surface area contributed by atoms with E-state index < -0.39 is 0 Å². The SMILES string of the molecule is CC[C@H]1S/C(=N\N=C/c2cccc3ccccc23)N(Cc2ccccc2C)C1=O. The van der Waals surface area contributed by atoms with Crippen molar-refractivity contribution >= 4 is 39.8 Å². The lowest BCUT2D eigenvalue weighted by molar-refractivity contribution is -0.126. The summed E-state index contributed by atoms with van der Waals surface area (Å²) in [5.41, 5.74) is 3.31. The predicted molar refractivity (Wildman–Crippen MR) is 122 cm³/mol. The van der Waals surface area contributed by atoms with Crippen molar-refractivity contribution in [2.24, 2.45) is 10.2 Å². The molecule has 3 aromatic carbocycles. The number of carbonyl (C=O) groups excluding carboxylic acids is 1. The molecule has 0 N–H and O–H groups in total. The highest BCUT2D eigenvalue weighted by Crippen LogP contribution is 2.31. The molecule has 29 heavy (non-hydrogen) atoms. The number of carbonyl (C=O) groups is 1. The van der Waals surface area contributed by atoms with E-state index in [-0.39, 0.29) is 11.2 Å². The zero-order valence-corrected chi connectivity index (χ0v) is 17.4. The number of rotatable bonds is 5. The van der Waals surface area contributed by atoms with Crippen molar-refractivity contribution in [2.45, 2.75) is 32.1 Å². The van der Waals surface area contributed by atoms with Crippen LogP contribution in [0.4, 0.5) is 0 Å². The lowest BCUT2D eigenvalue weighted by Crippen LogP contribution is -2.31. The molecule has 146 valence electrons. The summed E-state index contributed by atoms with van der Waals surface area (Å²) in [4.78, 5) is 14.6. The number of thioether (sulfide) groups is 1. The minimum absolute atomic E-state index is 0.0921. The van der Waals surface area contributed by atoms with Crippen molar-refractivity contribution in [2.75, 3.05) is 0 Å². The fraction of sp³-hybridized carbons (Fsp3) is 0.208. The predicted octanol–water partition coefficient (Wildman–Crippen LogP) is 5.39. The molecule has 3 aromatic rings. The van der Waals surface area contributed by atoms with E-state index >= 15 is 0 Å². The van der Waals surface area contributed by atoms with Gasteiger partial charge in [0.15, 0.2) is 5.17 Å². The van der Waals surface area contributed by atoms with Gasteiger partial charge in [-0.1, -0.05) is 85.4 Å². The minimum Gasteiger partial charge on any atom is -0.284 e. The third kappa shape index (κ3) is 4.10. The molecule has 4 nitrogen and oxygen atoms in total. The molecular weight excluding hydrogens is 378 g/mol. The standard InChI is InChI=1S/C24H23N3OS/c1-3-22-23(28)27(16-20-11-5-4-9-17(20)2)24(29-22)26-25-15-19-13-8-12-18-10-6-7-14-21(18)19/h4-15,22H,3,16H2,1-2H3/b25-15-,26-24-/t22-/m1/s1. The number of amides is 1. The highest BCUT2D eigenvalue weighted by atomic mass is 32.2. The first-order valence-corrected chi connectivity index (χ1v) is 10.7. The fourth-order valence-electron chi connectivity index (χ4n) is 3.45. The topological polar surface area (TPSA) is 45.0 Å². The van der Waals surface area contributed by atoms with Crippen molar-refractivity contribution in [1.29, 1.82) is 0 Å². The molecule has 0 spiro atoms. The summed E-state index contributed by atoms with van der Waals surface area (Å²) in [6.07, 6.45) is 2.55. The number of nitrogens with zero attached hydrogens (tertiary/aromatic N) is 3. The van der Waals surface area contributed by atoms with Crippen LogP contribution in [0, 0.1) is 6.92 Å². The quantitative estimate of drug-likeness (QED) is 0.425. The van der Waals surface area contributed by atoms with Gasteiger partial charge in [0.2, 0.25) is 5.91 Å². The molecule has 0 aliphatic carbocycles. The van der Waals surface area contributed by atoms with Gasteiger partial charge >= 0.3 is 0 Å². The molecule has 1 fully saturated rings. The second kappa shape index (κ2) is 8.62. The van der Waals surface area contributed by atoms with E-state index in [1.54, 1.807) is 11.1 Å². The Hall–Kier alpha value is -2.92. The van der Waals surface area contributed by atoms with Crippen LogP contribution in [0.5, 0.6) is 0 Å². The number of fused-ring (bicyclic) bond motifs is 1. The Balaban J connectivity index is 1.62. The fourth-order valence-corrected chi connectivity index (χ4v) is 4.48. The Labute approximate surface area is 175 Å². The van der Waals surface area contributed by atoms with Crippen molar-refractivity contribution in [3.63, 3.8) is 0 Å². The van der Waals surface area contributed by atoms with Crippen LogP contribution in [0.15, 0.2) is 76.9 Å². The average molecular weight is 402 g/mol. The molecule has 1 heterocycles. The van der Waals surface area contributed by atoms with Crippen molar-refractivity contribution in [3.8, 4) is 0 Å². The highest BCUT2D eigenvalue weighted by molar-refractivity contribution is 8.15. The molecule has 0 saturated carbocycles. The molecule has 0 bridgehead atoms. The maximum absolute atomic E-state index is 12.8. The van der Waals surface area contributed by atoms with Gasteiger partial charge in [-0.15, -0.1) is 5.10 Å². The van der Waals surface area contributed by atoms with E-state index in [0.717, 1.165) is 22.9 Å². The van der Waals surface area contributed by atoms with Gasteiger partial charge in [-0.2, -0.15) is 5.10 Å². The molecule has 1 amide bonds. The Bertz CT molecular complexity index is 1100. The third-order valence-electron chi connectivity index (χ3n) is 5.14. The lowest BCUT2D eigenvalue weighted by atomic mass is 10.1. The normalized spacial score (nSPS) is 18.4. The van der Waals surface area contributed by atoms with Gasteiger partial charge in [0.05, 0.1) is 18.0 Å². The first-order valence-electron chi connectivity index (χ1n) is 9.78. The van der Waals surface area contributed by atoms with Crippen molar-refractivity contribution in [3.05, 3.63) is 83.4 Å². The Morgan fingerprint density at radius 2 is 1.79 bits per heavy atom. The van der Waals surface area contributed by atoms with E-state index in [0.29, 0.717) is 11.7 Å². The van der Waals surface area contributed by atoms with E-state index in [2.05, 4.69) is 47.5 Å². The summed E-state index contributed by atoms with van der Waals surface area (Å²) in [7, 11) is 0. The molecular formula is C24H23N3OS. The van der Waals surface area contributed by atoms with Gasteiger partial charge < -0.3 is 0 Å². The summed E-state index contributed by atoms with van der Waals surface area (Å²) < 4.78 is 0. The smallest absolute Gasteiger partial charge is 0.242 e. The highest BCUT2D eigenvalue weighted by Gasteiger charge is 2.37. The Morgan fingerprint density at radius 1 is 1.03 bits per heavy atom. The van der Waals surface area contributed by atoms with Gasteiger partial charge in [-0.05, 0) is 35.2 Å². The maximum Gasteiger partial charge on any atom is 0.242 e. The van der Waals surface area contributed by atoms with Gasteiger partial charge in [0.1, 0.15) is 0 Å². The second-order valence-electron chi connectivity index (χ2n) is 7.06. The number of benzene rings is 3. The van der Waals surface area contributed by atoms with Crippen LogP contribution in [-0.2, 0) is 11.3 Å². The molecule has 4 rings (SSSR count). The van der Waals surface area contributed by atoms with Crippen LogP contribution in [0.25, 0.3) is 10.8 Å². The van der Waals surface area contributed by atoms with Gasteiger partial charge in [0.25, 0.3) is 0 Å². The van der Waals surface area contributed by atoms with E-state index in [1.165, 1.54) is 22.7 Å².